The molecule has 5 nitrogen and oxygen atoms in total. The number of nitrogens with zero attached hydrogens (tertiary/aromatic N) is 3. The summed E-state index contributed by atoms with van der Waals surface area (Å²) in [5.41, 5.74) is 0. The number of thioether (sulfide) groups is 1. The molecule has 2 amide bonds. The summed E-state index contributed by atoms with van der Waals surface area (Å²) in [5, 5.41) is 2.78. The second kappa shape index (κ2) is 8.03. The van der Waals surface area contributed by atoms with E-state index in [2.05, 4.69) is 29.1 Å². The van der Waals surface area contributed by atoms with Crippen molar-refractivity contribution in [3.8, 4) is 0 Å². The van der Waals surface area contributed by atoms with E-state index in [0.29, 0.717) is 24.8 Å². The quantitative estimate of drug-likeness (QED) is 0.805. The van der Waals surface area contributed by atoms with Crippen LogP contribution in [0.15, 0.2) is 47.8 Å². The van der Waals surface area contributed by atoms with Gasteiger partial charge in [-0.3, -0.25) is 10.3 Å². The first-order chi connectivity index (χ1) is 12.4. The Kier molecular flexibility index (Phi) is 5.76. The molecule has 1 saturated heterocycles. The number of benzene rings is 1. The molecule has 26 heavy (non-hydrogen) atoms. The van der Waals surface area contributed by atoms with Crippen LogP contribution in [-0.4, -0.2) is 38.7 Å². The molecule has 0 radical (unpaired) electrons. The molecule has 1 aromatic carbocycles. The van der Waals surface area contributed by atoms with Gasteiger partial charge in [-0.15, -0.1) is 11.8 Å². The summed E-state index contributed by atoms with van der Waals surface area (Å²) >= 11 is 1.70. The van der Waals surface area contributed by atoms with Gasteiger partial charge in [0.25, 0.3) is 0 Å². The number of aromatic nitrogens is 2. The first kappa shape index (κ1) is 18.6. The summed E-state index contributed by atoms with van der Waals surface area (Å²) in [5.74, 6) is 0.708. The van der Waals surface area contributed by atoms with Gasteiger partial charge in [0.2, 0.25) is 0 Å². The molecule has 3 rings (SSSR count). The number of halogens is 1. The lowest BCUT2D eigenvalue weighted by atomic mass is 9.86. The Bertz CT molecular complexity index is 748. The fourth-order valence-corrected chi connectivity index (χ4v) is 4.58. The molecule has 2 aromatic rings. The van der Waals surface area contributed by atoms with Crippen LogP contribution in [0.5, 0.6) is 0 Å². The van der Waals surface area contributed by atoms with Gasteiger partial charge in [-0.1, -0.05) is 19.9 Å². The van der Waals surface area contributed by atoms with Crippen molar-refractivity contribution >= 4 is 23.6 Å². The summed E-state index contributed by atoms with van der Waals surface area (Å²) in [7, 11) is 0. The Balaban J connectivity index is 1.54. The van der Waals surface area contributed by atoms with Gasteiger partial charge in [-0.2, -0.15) is 0 Å². The molecule has 138 valence electrons. The van der Waals surface area contributed by atoms with Crippen molar-refractivity contribution in [1.29, 1.82) is 0 Å². The number of likely N-dealkylation sites (tertiary alicyclic amines) is 1. The Labute approximate surface area is 157 Å². The molecular formula is C19H23FN4OS. The highest BCUT2D eigenvalue weighted by Gasteiger charge is 2.34. The van der Waals surface area contributed by atoms with Crippen molar-refractivity contribution in [2.75, 3.05) is 18.4 Å². The number of carbonyl (C=O) groups excluding carboxylic acids is 1. The van der Waals surface area contributed by atoms with Gasteiger partial charge < -0.3 is 4.90 Å². The number of hydrogen-bond donors (Lipinski definition) is 1. The van der Waals surface area contributed by atoms with Crippen LogP contribution < -0.4 is 5.32 Å². The first-order valence-electron chi connectivity index (χ1n) is 8.70. The molecule has 1 aromatic heterocycles. The standard InChI is InChI=1S/C19H23FN4OS/c1-19(2,26-16-5-3-4-15(20)12-16)14-6-10-24(11-7-14)18(25)23-17-13-21-8-9-22-17/h3-5,8-9,12-14H,6-7,10-11H2,1-2H3,(H,22,23,25). The SMILES string of the molecule is CC(C)(Sc1cccc(F)c1)C1CCN(C(=O)Nc2cnccn2)CC1. The highest BCUT2D eigenvalue weighted by molar-refractivity contribution is 8.00. The molecule has 0 aliphatic carbocycles. The molecule has 2 heterocycles. The van der Waals surface area contributed by atoms with E-state index < -0.39 is 0 Å². The van der Waals surface area contributed by atoms with Crippen molar-refractivity contribution in [1.82, 2.24) is 14.9 Å². The third-order valence-electron chi connectivity index (χ3n) is 4.74. The number of hydrogen-bond acceptors (Lipinski definition) is 4. The Morgan fingerprint density at radius 1 is 1.31 bits per heavy atom. The van der Waals surface area contributed by atoms with E-state index in [9.17, 15) is 9.18 Å². The van der Waals surface area contributed by atoms with Crippen molar-refractivity contribution < 1.29 is 9.18 Å². The van der Waals surface area contributed by atoms with Gasteiger partial charge in [0.15, 0.2) is 5.82 Å². The average molecular weight is 374 g/mol. The van der Waals surface area contributed by atoms with Crippen LogP contribution in [0, 0.1) is 11.7 Å². The zero-order valence-corrected chi connectivity index (χ0v) is 15.8. The maximum atomic E-state index is 13.4. The van der Waals surface area contributed by atoms with Gasteiger partial charge in [0, 0.05) is 35.1 Å². The Hall–Kier alpha value is -2.15. The largest absolute Gasteiger partial charge is 0.324 e. The Morgan fingerprint density at radius 3 is 2.73 bits per heavy atom. The first-order valence-corrected chi connectivity index (χ1v) is 9.52. The van der Waals surface area contributed by atoms with Crippen LogP contribution in [0.3, 0.4) is 0 Å². The van der Waals surface area contributed by atoms with Gasteiger partial charge in [0.1, 0.15) is 5.82 Å². The molecule has 0 saturated carbocycles. The van der Waals surface area contributed by atoms with E-state index in [1.165, 1.54) is 12.3 Å². The zero-order chi connectivity index (χ0) is 18.6. The third kappa shape index (κ3) is 4.72. The number of carbonyl (C=O) groups is 1. The number of rotatable bonds is 4. The molecule has 1 fully saturated rings. The number of urea groups is 1. The van der Waals surface area contributed by atoms with E-state index in [4.69, 9.17) is 0 Å². The number of amides is 2. The molecule has 0 spiro atoms. The van der Waals surface area contributed by atoms with Crippen LogP contribution in [-0.2, 0) is 0 Å². The minimum Gasteiger partial charge on any atom is -0.324 e. The molecule has 1 N–H and O–H groups in total. The van der Waals surface area contributed by atoms with Crippen LogP contribution in [0.2, 0.25) is 0 Å². The molecule has 0 atom stereocenters. The second-order valence-corrected chi connectivity index (χ2v) is 8.67. The predicted molar refractivity (Wildman–Crippen MR) is 102 cm³/mol. The summed E-state index contributed by atoms with van der Waals surface area (Å²) < 4.78 is 13.4. The van der Waals surface area contributed by atoms with Gasteiger partial charge in [0.05, 0.1) is 6.20 Å². The smallest absolute Gasteiger partial charge is 0.323 e. The summed E-state index contributed by atoms with van der Waals surface area (Å²) in [6.45, 7) is 5.79. The summed E-state index contributed by atoms with van der Waals surface area (Å²) in [4.78, 5) is 23.1. The topological polar surface area (TPSA) is 58.1 Å². The second-order valence-electron chi connectivity index (χ2n) is 6.95. The average Bonchev–Trinajstić information content (AvgIpc) is 2.62. The maximum Gasteiger partial charge on any atom is 0.323 e. The fraction of sp³-hybridized carbons (Fsp3) is 0.421. The molecule has 1 aliphatic heterocycles. The Morgan fingerprint density at radius 2 is 2.08 bits per heavy atom. The van der Waals surface area contributed by atoms with Crippen molar-refractivity contribution in [2.45, 2.75) is 36.3 Å². The van der Waals surface area contributed by atoms with Crippen LogP contribution >= 0.6 is 11.8 Å². The molecule has 0 unspecified atom stereocenters. The predicted octanol–water partition coefficient (Wildman–Crippen LogP) is 4.43. The lowest BCUT2D eigenvalue weighted by Gasteiger charge is -2.40. The zero-order valence-electron chi connectivity index (χ0n) is 15.0. The molecular weight excluding hydrogens is 351 g/mol. The lowest BCUT2D eigenvalue weighted by Crippen LogP contribution is -2.44. The van der Waals surface area contributed by atoms with E-state index in [0.717, 1.165) is 17.7 Å². The van der Waals surface area contributed by atoms with Crippen molar-refractivity contribution in [3.05, 3.63) is 48.7 Å². The highest BCUT2D eigenvalue weighted by atomic mass is 32.2. The highest BCUT2D eigenvalue weighted by Crippen LogP contribution is 2.42. The maximum absolute atomic E-state index is 13.4. The molecule has 7 heteroatoms. The van der Waals surface area contributed by atoms with Gasteiger partial charge in [-0.25, -0.2) is 14.2 Å². The lowest BCUT2D eigenvalue weighted by molar-refractivity contribution is 0.173. The number of nitrogens with one attached hydrogen (secondary N) is 1. The van der Waals surface area contributed by atoms with Crippen LogP contribution in [0.4, 0.5) is 15.0 Å². The van der Waals surface area contributed by atoms with E-state index in [-0.39, 0.29) is 16.6 Å². The van der Waals surface area contributed by atoms with Gasteiger partial charge in [-0.05, 0) is 37.0 Å². The monoisotopic (exact) mass is 374 g/mol. The minimum atomic E-state index is -0.207. The van der Waals surface area contributed by atoms with Crippen LogP contribution in [0.1, 0.15) is 26.7 Å². The minimum absolute atomic E-state index is 0.0265. The molecule has 0 bridgehead atoms. The normalized spacial score (nSPS) is 15.7. The van der Waals surface area contributed by atoms with E-state index >= 15 is 0 Å². The number of piperidine rings is 1. The summed E-state index contributed by atoms with van der Waals surface area (Å²) in [6, 6.07) is 6.59. The van der Waals surface area contributed by atoms with Crippen molar-refractivity contribution in [2.24, 2.45) is 5.92 Å². The van der Waals surface area contributed by atoms with Gasteiger partial charge >= 0.3 is 6.03 Å². The van der Waals surface area contributed by atoms with Crippen LogP contribution in [0.25, 0.3) is 0 Å². The summed E-state index contributed by atoms with van der Waals surface area (Å²) in [6.07, 6.45) is 6.49. The fourth-order valence-electron chi connectivity index (χ4n) is 3.25. The third-order valence-corrected chi connectivity index (χ3v) is 6.09. The number of anilines is 1. The van der Waals surface area contributed by atoms with Crippen molar-refractivity contribution in [3.63, 3.8) is 0 Å². The van der Waals surface area contributed by atoms with E-state index in [1.54, 1.807) is 36.3 Å². The van der Waals surface area contributed by atoms with E-state index in [1.807, 2.05) is 11.0 Å². The molecule has 1 aliphatic rings.